The molecule has 0 saturated heterocycles. The Morgan fingerprint density at radius 1 is 1.29 bits per heavy atom. The van der Waals surface area contributed by atoms with Gasteiger partial charge in [-0.3, -0.25) is 4.79 Å². The third-order valence-electron chi connectivity index (χ3n) is 4.78. The molecule has 1 atom stereocenters. The van der Waals surface area contributed by atoms with Crippen molar-refractivity contribution >= 4 is 27.2 Å². The molecule has 126 valence electrons. The number of rotatable bonds is 4. The van der Waals surface area contributed by atoms with Crippen LogP contribution in [0.15, 0.2) is 48.2 Å². The number of fused-ring (bicyclic) bond motifs is 1. The zero-order valence-electron chi connectivity index (χ0n) is 14.1. The Morgan fingerprint density at radius 3 is 2.71 bits per heavy atom. The number of carbonyl (C=O) groups is 1. The predicted molar refractivity (Wildman–Crippen MR) is 96.9 cm³/mol. The number of benzene rings is 1. The first-order valence-corrected chi connectivity index (χ1v) is 9.47. The summed E-state index contributed by atoms with van der Waals surface area (Å²) in [4.78, 5) is 11.3. The fourth-order valence-corrected chi connectivity index (χ4v) is 5.05. The van der Waals surface area contributed by atoms with Crippen molar-refractivity contribution in [3.8, 4) is 0 Å². The zero-order valence-corrected chi connectivity index (χ0v) is 14.9. The molecule has 0 radical (unpaired) electrons. The van der Waals surface area contributed by atoms with E-state index in [0.29, 0.717) is 22.9 Å². The van der Waals surface area contributed by atoms with E-state index in [-0.39, 0.29) is 0 Å². The molecule has 1 aromatic carbocycles. The molecule has 0 fully saturated rings. The lowest BCUT2D eigenvalue weighted by Gasteiger charge is -2.29. The monoisotopic (exact) mass is 343 g/mol. The van der Waals surface area contributed by atoms with Crippen molar-refractivity contribution < 1.29 is 13.2 Å². The molecular weight excluding hydrogens is 322 g/mol. The van der Waals surface area contributed by atoms with Gasteiger partial charge in [-0.2, -0.15) is 0 Å². The van der Waals surface area contributed by atoms with Crippen LogP contribution < -0.4 is 0 Å². The van der Waals surface area contributed by atoms with Crippen LogP contribution in [0.1, 0.15) is 42.6 Å². The summed E-state index contributed by atoms with van der Waals surface area (Å²) in [6.07, 6.45) is 9.31. The topological polar surface area (TPSA) is 56.1 Å². The summed E-state index contributed by atoms with van der Waals surface area (Å²) in [7, 11) is -3.66. The maximum atomic E-state index is 13.4. The summed E-state index contributed by atoms with van der Waals surface area (Å²) in [6, 6.07) is 5.21. The Bertz CT molecular complexity index is 979. The van der Waals surface area contributed by atoms with E-state index in [9.17, 15) is 13.2 Å². The van der Waals surface area contributed by atoms with E-state index in [4.69, 9.17) is 0 Å². The standard InChI is InChI=1S/C19H21NO3S/c1-4-15-6-5-10-19(3,12-15)24(22,23)20-11-9-17-16(13-21)8-7-14(2)18(17)20/h5-9,11-13H,4,10H2,1-3H3. The Hall–Kier alpha value is -2.14. The van der Waals surface area contributed by atoms with Crippen LogP contribution in [0.2, 0.25) is 0 Å². The van der Waals surface area contributed by atoms with E-state index in [0.717, 1.165) is 23.8 Å². The van der Waals surface area contributed by atoms with Gasteiger partial charge in [0.25, 0.3) is 0 Å². The average Bonchev–Trinajstić information content (AvgIpc) is 3.02. The minimum Gasteiger partial charge on any atom is -0.298 e. The number of carbonyl (C=O) groups excluding carboxylic acids is 1. The summed E-state index contributed by atoms with van der Waals surface area (Å²) in [5.41, 5.74) is 2.94. The summed E-state index contributed by atoms with van der Waals surface area (Å²) in [5, 5.41) is 0.670. The SMILES string of the molecule is CCC1=CC(C)(S(=O)(=O)n2ccc3c(C=O)ccc(C)c32)CC=C1. The molecule has 5 heteroatoms. The van der Waals surface area contributed by atoms with Crippen LogP contribution in [-0.2, 0) is 10.0 Å². The largest absolute Gasteiger partial charge is 0.298 e. The Kier molecular flexibility index (Phi) is 4.00. The van der Waals surface area contributed by atoms with Crippen LogP contribution in [0.4, 0.5) is 0 Å². The molecule has 1 aliphatic rings. The maximum absolute atomic E-state index is 13.4. The number of aryl methyl sites for hydroxylation is 1. The predicted octanol–water partition coefficient (Wildman–Crippen LogP) is 4.00. The van der Waals surface area contributed by atoms with Crippen molar-refractivity contribution in [1.82, 2.24) is 3.97 Å². The molecular formula is C19H21NO3S. The van der Waals surface area contributed by atoms with E-state index < -0.39 is 14.8 Å². The van der Waals surface area contributed by atoms with Crippen LogP contribution in [0, 0.1) is 6.92 Å². The van der Waals surface area contributed by atoms with Gasteiger partial charge in [-0.15, -0.1) is 0 Å². The average molecular weight is 343 g/mol. The van der Waals surface area contributed by atoms with Crippen molar-refractivity contribution in [3.05, 3.63) is 59.3 Å². The second-order valence-electron chi connectivity index (χ2n) is 6.46. The molecule has 0 spiro atoms. The van der Waals surface area contributed by atoms with Gasteiger partial charge < -0.3 is 0 Å². The first-order valence-electron chi connectivity index (χ1n) is 8.03. The third-order valence-corrected chi connectivity index (χ3v) is 7.06. The molecule has 1 unspecified atom stereocenters. The van der Waals surface area contributed by atoms with Gasteiger partial charge in [0.05, 0.1) is 5.52 Å². The molecule has 0 bridgehead atoms. The van der Waals surface area contributed by atoms with E-state index >= 15 is 0 Å². The van der Waals surface area contributed by atoms with E-state index in [1.54, 1.807) is 31.3 Å². The lowest BCUT2D eigenvalue weighted by atomic mass is 9.96. The number of allylic oxidation sites excluding steroid dienone is 3. The van der Waals surface area contributed by atoms with Crippen LogP contribution in [0.5, 0.6) is 0 Å². The molecule has 1 heterocycles. The van der Waals surface area contributed by atoms with E-state index in [1.165, 1.54) is 3.97 Å². The van der Waals surface area contributed by atoms with Crippen LogP contribution in [0.3, 0.4) is 0 Å². The van der Waals surface area contributed by atoms with Crippen LogP contribution in [0.25, 0.3) is 10.9 Å². The van der Waals surface area contributed by atoms with Gasteiger partial charge in [-0.25, -0.2) is 12.4 Å². The molecule has 0 saturated carbocycles. The quantitative estimate of drug-likeness (QED) is 0.789. The van der Waals surface area contributed by atoms with Gasteiger partial charge in [0.2, 0.25) is 10.0 Å². The minimum atomic E-state index is -3.66. The van der Waals surface area contributed by atoms with Gasteiger partial charge in [0, 0.05) is 17.1 Å². The molecule has 1 aromatic heterocycles. The summed E-state index contributed by atoms with van der Waals surface area (Å²) >= 11 is 0. The fraction of sp³-hybridized carbons (Fsp3) is 0.316. The van der Waals surface area contributed by atoms with Crippen molar-refractivity contribution in [2.45, 2.75) is 38.4 Å². The van der Waals surface area contributed by atoms with Crippen molar-refractivity contribution in [2.75, 3.05) is 0 Å². The molecule has 4 nitrogen and oxygen atoms in total. The number of aromatic nitrogens is 1. The first kappa shape index (κ1) is 16.7. The molecule has 0 aliphatic heterocycles. The van der Waals surface area contributed by atoms with Crippen LogP contribution >= 0.6 is 0 Å². The van der Waals surface area contributed by atoms with E-state index in [2.05, 4.69) is 0 Å². The van der Waals surface area contributed by atoms with Crippen molar-refractivity contribution in [1.29, 1.82) is 0 Å². The normalized spacial score (nSPS) is 21.0. The van der Waals surface area contributed by atoms with Gasteiger partial charge >= 0.3 is 0 Å². The van der Waals surface area contributed by atoms with E-state index in [1.807, 2.05) is 32.1 Å². The highest BCUT2D eigenvalue weighted by atomic mass is 32.2. The highest BCUT2D eigenvalue weighted by molar-refractivity contribution is 7.91. The number of aldehydes is 1. The summed E-state index contributed by atoms with van der Waals surface area (Å²) in [6.45, 7) is 5.63. The highest BCUT2D eigenvalue weighted by Crippen LogP contribution is 2.35. The molecule has 1 aliphatic carbocycles. The van der Waals surface area contributed by atoms with Gasteiger partial charge in [-0.05, 0) is 38.3 Å². The Morgan fingerprint density at radius 2 is 2.04 bits per heavy atom. The molecule has 3 rings (SSSR count). The maximum Gasteiger partial charge on any atom is 0.248 e. The lowest BCUT2D eigenvalue weighted by Crippen LogP contribution is -2.38. The Balaban J connectivity index is 2.26. The smallest absolute Gasteiger partial charge is 0.248 e. The van der Waals surface area contributed by atoms with Gasteiger partial charge in [0.1, 0.15) is 4.75 Å². The molecule has 24 heavy (non-hydrogen) atoms. The van der Waals surface area contributed by atoms with Crippen molar-refractivity contribution in [3.63, 3.8) is 0 Å². The second-order valence-corrected chi connectivity index (χ2v) is 8.74. The van der Waals surface area contributed by atoms with Gasteiger partial charge in [0.15, 0.2) is 6.29 Å². The van der Waals surface area contributed by atoms with Crippen molar-refractivity contribution in [2.24, 2.45) is 0 Å². The summed E-state index contributed by atoms with van der Waals surface area (Å²) in [5.74, 6) is 0. The number of nitrogens with zero attached hydrogens (tertiary/aromatic N) is 1. The van der Waals surface area contributed by atoms with Gasteiger partial charge in [-0.1, -0.05) is 42.9 Å². The second kappa shape index (κ2) is 5.74. The number of hydrogen-bond donors (Lipinski definition) is 0. The molecule has 0 amide bonds. The molecule has 2 aromatic rings. The summed E-state index contributed by atoms with van der Waals surface area (Å²) < 4.78 is 27.1. The van der Waals surface area contributed by atoms with Crippen LogP contribution in [-0.4, -0.2) is 23.4 Å². The Labute approximate surface area is 142 Å². The highest BCUT2D eigenvalue weighted by Gasteiger charge is 2.39. The first-order chi connectivity index (χ1) is 11.3. The molecule has 0 N–H and O–H groups in total. The third kappa shape index (κ3) is 2.35. The zero-order chi connectivity index (χ0) is 17.5. The minimum absolute atomic E-state index is 0.435. The fourth-order valence-electron chi connectivity index (χ4n) is 3.29. The lowest BCUT2D eigenvalue weighted by molar-refractivity contribution is 0.112. The number of hydrogen-bond acceptors (Lipinski definition) is 3.